The molecule has 0 aromatic heterocycles. The third-order valence-electron chi connectivity index (χ3n) is 4.67. The van der Waals surface area contributed by atoms with Crippen LogP contribution in [0.25, 0.3) is 0 Å². The third kappa shape index (κ3) is 9.88. The highest BCUT2D eigenvalue weighted by Gasteiger charge is 2.11. The van der Waals surface area contributed by atoms with Crippen molar-refractivity contribution >= 4 is 29.9 Å². The van der Waals surface area contributed by atoms with E-state index < -0.39 is 0 Å². The zero-order chi connectivity index (χ0) is 19.5. The van der Waals surface area contributed by atoms with Gasteiger partial charge in [-0.2, -0.15) is 0 Å². The average molecular weight is 507 g/mol. The first-order valence-electron chi connectivity index (χ1n) is 9.84. The normalized spacial score (nSPS) is 17.4. The highest BCUT2D eigenvalue weighted by Crippen LogP contribution is 2.13. The van der Waals surface area contributed by atoms with E-state index in [0.29, 0.717) is 12.3 Å². The molecule has 8 heteroatoms. The van der Waals surface area contributed by atoms with E-state index in [0.717, 1.165) is 38.6 Å². The summed E-state index contributed by atoms with van der Waals surface area (Å²) in [7, 11) is 3.96. The molecule has 0 saturated carbocycles. The first-order chi connectivity index (χ1) is 13.1. The molecule has 28 heavy (non-hydrogen) atoms. The second-order valence-electron chi connectivity index (χ2n) is 7.12. The summed E-state index contributed by atoms with van der Waals surface area (Å²) >= 11 is 0. The Morgan fingerprint density at radius 3 is 2.82 bits per heavy atom. The zero-order valence-electron chi connectivity index (χ0n) is 17.3. The number of ether oxygens (including phenoxy) is 1. The minimum atomic E-state index is -0.291. The molecule has 2 N–H and O–H groups in total. The van der Waals surface area contributed by atoms with Crippen LogP contribution < -0.4 is 15.4 Å². The fourth-order valence-corrected chi connectivity index (χ4v) is 3.11. The van der Waals surface area contributed by atoms with E-state index in [2.05, 4.69) is 32.5 Å². The molecule has 0 amide bonds. The van der Waals surface area contributed by atoms with E-state index >= 15 is 0 Å². The average Bonchev–Trinajstić information content (AvgIpc) is 2.85. The minimum absolute atomic E-state index is 0. The van der Waals surface area contributed by atoms with E-state index in [1.165, 1.54) is 31.6 Å². The highest BCUT2D eigenvalue weighted by atomic mass is 127. The van der Waals surface area contributed by atoms with Gasteiger partial charge in [0.1, 0.15) is 17.7 Å². The van der Waals surface area contributed by atoms with Crippen molar-refractivity contribution in [1.82, 2.24) is 20.4 Å². The van der Waals surface area contributed by atoms with Crippen LogP contribution in [0.5, 0.6) is 5.75 Å². The molecule has 1 unspecified atom stereocenters. The first kappa shape index (κ1) is 24.9. The summed E-state index contributed by atoms with van der Waals surface area (Å²) in [4.78, 5) is 9.19. The Morgan fingerprint density at radius 2 is 2.07 bits per heavy atom. The number of hydrogen-bond acceptors (Lipinski definition) is 4. The maximum Gasteiger partial charge on any atom is 0.191 e. The third-order valence-corrected chi connectivity index (χ3v) is 4.67. The van der Waals surface area contributed by atoms with Gasteiger partial charge in [0.05, 0.1) is 6.54 Å². The first-order valence-corrected chi connectivity index (χ1v) is 9.84. The predicted octanol–water partition coefficient (Wildman–Crippen LogP) is 2.40. The molecule has 1 heterocycles. The molecule has 1 aliphatic rings. The van der Waals surface area contributed by atoms with Crippen LogP contribution in [-0.2, 0) is 0 Å². The van der Waals surface area contributed by atoms with Gasteiger partial charge < -0.3 is 25.2 Å². The van der Waals surface area contributed by atoms with E-state index in [1.807, 2.05) is 6.92 Å². The molecule has 1 aliphatic heterocycles. The number of rotatable bonds is 8. The summed E-state index contributed by atoms with van der Waals surface area (Å²) in [5, 5.41) is 6.61. The fourth-order valence-electron chi connectivity index (χ4n) is 3.11. The zero-order valence-corrected chi connectivity index (χ0v) is 19.6. The second-order valence-corrected chi connectivity index (χ2v) is 7.12. The van der Waals surface area contributed by atoms with Gasteiger partial charge in [-0.1, -0.05) is 6.07 Å². The number of halogens is 2. The Morgan fingerprint density at radius 1 is 1.25 bits per heavy atom. The Balaban J connectivity index is 0.00000392. The van der Waals surface area contributed by atoms with Crippen LogP contribution in [0.3, 0.4) is 0 Å². The van der Waals surface area contributed by atoms with E-state index in [1.54, 1.807) is 19.2 Å². The van der Waals surface area contributed by atoms with Crippen molar-refractivity contribution in [3.63, 3.8) is 0 Å². The van der Waals surface area contributed by atoms with Crippen LogP contribution in [0.15, 0.2) is 29.3 Å². The molecule has 0 aliphatic carbocycles. The maximum atomic E-state index is 13.2. The number of likely N-dealkylation sites (N-methyl/N-ethyl adjacent to an activating group) is 1. The molecule has 2 rings (SSSR count). The SMILES string of the molecule is CN=C(NCCCN1CCCN(C)CC1)NCC(C)Oc1cccc(F)c1.I. The molecule has 0 bridgehead atoms. The van der Waals surface area contributed by atoms with Gasteiger partial charge in [0.15, 0.2) is 5.96 Å². The van der Waals surface area contributed by atoms with Gasteiger partial charge in [-0.05, 0) is 58.6 Å². The smallest absolute Gasteiger partial charge is 0.191 e. The van der Waals surface area contributed by atoms with Crippen molar-refractivity contribution in [3.05, 3.63) is 30.1 Å². The summed E-state index contributed by atoms with van der Waals surface area (Å²) < 4.78 is 18.9. The molecule has 1 fully saturated rings. The lowest BCUT2D eigenvalue weighted by Gasteiger charge is -2.21. The van der Waals surface area contributed by atoms with Crippen molar-refractivity contribution in [1.29, 1.82) is 0 Å². The minimum Gasteiger partial charge on any atom is -0.489 e. The van der Waals surface area contributed by atoms with Crippen LogP contribution in [0.4, 0.5) is 4.39 Å². The standard InChI is InChI=1S/C20H34FN5O.HI/c1-17(27-19-8-4-7-18(21)15-19)16-24-20(22-2)23-9-5-11-26-12-6-10-25(3)13-14-26;/h4,7-8,15,17H,5-6,9-14,16H2,1-3H3,(H2,22,23,24);1H. The number of nitrogens with zero attached hydrogens (tertiary/aromatic N) is 3. The van der Waals surface area contributed by atoms with Crippen molar-refractivity contribution in [2.24, 2.45) is 4.99 Å². The number of hydrogen-bond donors (Lipinski definition) is 2. The Hall–Kier alpha value is -1.13. The highest BCUT2D eigenvalue weighted by molar-refractivity contribution is 14.0. The predicted molar refractivity (Wildman–Crippen MR) is 124 cm³/mol. The Kier molecular flexibility index (Phi) is 12.4. The molecule has 0 radical (unpaired) electrons. The van der Waals surface area contributed by atoms with Crippen molar-refractivity contribution in [3.8, 4) is 5.75 Å². The van der Waals surface area contributed by atoms with Crippen molar-refractivity contribution in [2.75, 3.05) is 59.9 Å². The lowest BCUT2D eigenvalue weighted by atomic mass is 10.3. The van der Waals surface area contributed by atoms with Crippen LogP contribution in [0.1, 0.15) is 19.8 Å². The molecular weight excluding hydrogens is 472 g/mol. The Bertz CT molecular complexity index is 589. The number of benzene rings is 1. The quantitative estimate of drug-likeness (QED) is 0.245. The Labute approximate surface area is 185 Å². The molecule has 1 aromatic carbocycles. The fraction of sp³-hybridized carbons (Fsp3) is 0.650. The van der Waals surface area contributed by atoms with Crippen LogP contribution in [0, 0.1) is 5.82 Å². The summed E-state index contributed by atoms with van der Waals surface area (Å²) in [5.41, 5.74) is 0. The monoisotopic (exact) mass is 507 g/mol. The van der Waals surface area contributed by atoms with E-state index in [4.69, 9.17) is 4.74 Å². The molecule has 1 saturated heterocycles. The van der Waals surface area contributed by atoms with E-state index in [9.17, 15) is 4.39 Å². The molecular formula is C20H35FIN5O. The summed E-state index contributed by atoms with van der Waals surface area (Å²) in [6, 6.07) is 6.20. The summed E-state index contributed by atoms with van der Waals surface area (Å²) in [6.45, 7) is 9.21. The molecule has 1 aromatic rings. The lowest BCUT2D eigenvalue weighted by molar-refractivity contribution is 0.223. The number of guanidine groups is 1. The summed E-state index contributed by atoms with van der Waals surface area (Å²) in [6.07, 6.45) is 2.23. The van der Waals surface area contributed by atoms with Gasteiger partial charge in [-0.15, -0.1) is 24.0 Å². The molecule has 0 spiro atoms. The number of aliphatic imine (C=N–C) groups is 1. The van der Waals surface area contributed by atoms with Gasteiger partial charge in [-0.3, -0.25) is 4.99 Å². The lowest BCUT2D eigenvalue weighted by Crippen LogP contribution is -2.42. The van der Waals surface area contributed by atoms with Gasteiger partial charge in [0, 0.05) is 32.7 Å². The molecule has 1 atom stereocenters. The maximum absolute atomic E-state index is 13.2. The van der Waals surface area contributed by atoms with Gasteiger partial charge in [0.2, 0.25) is 0 Å². The summed E-state index contributed by atoms with van der Waals surface area (Å²) in [5.74, 6) is 1.01. The van der Waals surface area contributed by atoms with Crippen molar-refractivity contribution < 1.29 is 9.13 Å². The topological polar surface area (TPSA) is 52.1 Å². The molecule has 6 nitrogen and oxygen atoms in total. The van der Waals surface area contributed by atoms with Crippen LogP contribution >= 0.6 is 24.0 Å². The van der Waals surface area contributed by atoms with E-state index in [-0.39, 0.29) is 35.9 Å². The second kappa shape index (κ2) is 13.9. The van der Waals surface area contributed by atoms with Crippen molar-refractivity contribution in [2.45, 2.75) is 25.9 Å². The largest absolute Gasteiger partial charge is 0.489 e. The van der Waals surface area contributed by atoms with Crippen LogP contribution in [-0.4, -0.2) is 81.8 Å². The van der Waals surface area contributed by atoms with Crippen LogP contribution in [0.2, 0.25) is 0 Å². The van der Waals surface area contributed by atoms with Gasteiger partial charge in [-0.25, -0.2) is 4.39 Å². The van der Waals surface area contributed by atoms with Gasteiger partial charge >= 0.3 is 0 Å². The number of nitrogens with one attached hydrogen (secondary N) is 2. The van der Waals surface area contributed by atoms with Gasteiger partial charge in [0.25, 0.3) is 0 Å². The molecule has 160 valence electrons.